The van der Waals surface area contributed by atoms with Crippen LogP contribution in [0.1, 0.15) is 5.56 Å². The third-order valence-corrected chi connectivity index (χ3v) is 3.05. The normalized spacial score (nSPS) is 13.2. The van der Waals surface area contributed by atoms with Crippen LogP contribution >= 0.6 is 0 Å². The third-order valence-electron chi connectivity index (χ3n) is 3.05. The molecule has 0 spiro atoms. The van der Waals surface area contributed by atoms with Gasteiger partial charge < -0.3 is 18.6 Å². The number of ether oxygens (including phenoxy) is 3. The summed E-state index contributed by atoms with van der Waals surface area (Å²) in [6, 6.07) is 3.05. The van der Waals surface area contributed by atoms with Crippen molar-refractivity contribution in [2.45, 2.75) is 6.42 Å². The van der Waals surface area contributed by atoms with E-state index in [1.165, 1.54) is 13.2 Å². The third kappa shape index (κ3) is 1.37. The highest BCUT2D eigenvalue weighted by Crippen LogP contribution is 2.47. The van der Waals surface area contributed by atoms with Crippen molar-refractivity contribution in [3.63, 3.8) is 0 Å². The predicted molar refractivity (Wildman–Crippen MR) is 64.8 cm³/mol. The van der Waals surface area contributed by atoms with E-state index in [2.05, 4.69) is 0 Å². The highest BCUT2D eigenvalue weighted by Gasteiger charge is 2.27. The van der Waals surface area contributed by atoms with Crippen LogP contribution in [0.2, 0.25) is 0 Å². The van der Waals surface area contributed by atoms with Gasteiger partial charge in [-0.3, -0.25) is 0 Å². The first-order valence-corrected chi connectivity index (χ1v) is 5.59. The van der Waals surface area contributed by atoms with Gasteiger partial charge in [0.25, 0.3) is 0 Å². The number of hydrogen-bond donors (Lipinski definition) is 0. The van der Waals surface area contributed by atoms with E-state index in [1.807, 2.05) is 0 Å². The Labute approximate surface area is 103 Å². The Morgan fingerprint density at radius 2 is 1.94 bits per heavy atom. The molecule has 0 radical (unpaired) electrons. The summed E-state index contributed by atoms with van der Waals surface area (Å²) < 4.78 is 21.5. The van der Waals surface area contributed by atoms with Gasteiger partial charge in [0, 0.05) is 18.1 Å². The van der Waals surface area contributed by atoms with E-state index in [-0.39, 0.29) is 0 Å². The summed E-state index contributed by atoms with van der Waals surface area (Å²) in [5.41, 5.74) is 0.888. The molecule has 1 aliphatic rings. The van der Waals surface area contributed by atoms with E-state index >= 15 is 0 Å². The van der Waals surface area contributed by atoms with Gasteiger partial charge in [-0.1, -0.05) is 0 Å². The minimum absolute atomic E-state index is 0.363. The Balaban J connectivity index is 2.50. The molecule has 0 bridgehead atoms. The van der Waals surface area contributed by atoms with Gasteiger partial charge in [0.05, 0.1) is 26.2 Å². The molecule has 94 valence electrons. The lowest BCUT2D eigenvalue weighted by atomic mass is 10.1. The summed E-state index contributed by atoms with van der Waals surface area (Å²) in [5, 5.41) is 0.721. The largest absolute Gasteiger partial charge is 0.496 e. The molecule has 5 heteroatoms. The zero-order valence-corrected chi connectivity index (χ0v) is 10.1. The summed E-state index contributed by atoms with van der Waals surface area (Å²) in [6.45, 7) is 0.572. The standard InChI is InChI=1S/C13H12O5/c1-15-10-7-3-4-9(14)18-12(7)13(16-2)11-8(10)5-6-17-11/h3-4H,5-6H2,1-2H3. The topological polar surface area (TPSA) is 57.9 Å². The Morgan fingerprint density at radius 3 is 2.67 bits per heavy atom. The van der Waals surface area contributed by atoms with Crippen molar-refractivity contribution in [3.05, 3.63) is 28.1 Å². The van der Waals surface area contributed by atoms with Crippen LogP contribution in [0.15, 0.2) is 21.3 Å². The van der Waals surface area contributed by atoms with Gasteiger partial charge in [0.2, 0.25) is 5.75 Å². The molecule has 5 nitrogen and oxygen atoms in total. The summed E-state index contributed by atoms with van der Waals surface area (Å²) in [4.78, 5) is 11.3. The van der Waals surface area contributed by atoms with Gasteiger partial charge in [0.1, 0.15) is 5.75 Å². The molecule has 0 unspecified atom stereocenters. The lowest BCUT2D eigenvalue weighted by Crippen LogP contribution is -2.00. The van der Waals surface area contributed by atoms with Crippen molar-refractivity contribution in [2.24, 2.45) is 0 Å². The summed E-state index contributed by atoms with van der Waals surface area (Å²) in [5.74, 6) is 1.74. The minimum atomic E-state index is -0.430. The molecule has 0 fully saturated rings. The molecule has 0 saturated heterocycles. The quantitative estimate of drug-likeness (QED) is 0.758. The second kappa shape index (κ2) is 3.94. The molecule has 0 amide bonds. The maximum absolute atomic E-state index is 11.3. The Bertz CT molecular complexity index is 671. The van der Waals surface area contributed by atoms with E-state index in [0.717, 1.165) is 17.4 Å². The lowest BCUT2D eigenvalue weighted by molar-refractivity contribution is 0.324. The second-order valence-corrected chi connectivity index (χ2v) is 3.97. The zero-order valence-electron chi connectivity index (χ0n) is 10.1. The molecule has 0 N–H and O–H groups in total. The van der Waals surface area contributed by atoms with E-state index in [0.29, 0.717) is 29.4 Å². The van der Waals surface area contributed by atoms with Gasteiger partial charge in [-0.15, -0.1) is 0 Å². The molecule has 1 aromatic heterocycles. The highest BCUT2D eigenvalue weighted by molar-refractivity contribution is 5.93. The minimum Gasteiger partial charge on any atom is -0.496 e. The van der Waals surface area contributed by atoms with Crippen LogP contribution in [0.4, 0.5) is 0 Å². The van der Waals surface area contributed by atoms with Gasteiger partial charge in [0.15, 0.2) is 11.3 Å². The van der Waals surface area contributed by atoms with E-state index < -0.39 is 5.63 Å². The lowest BCUT2D eigenvalue weighted by Gasteiger charge is -2.13. The molecule has 2 aromatic rings. The average molecular weight is 248 g/mol. The second-order valence-electron chi connectivity index (χ2n) is 3.97. The van der Waals surface area contributed by atoms with E-state index in [9.17, 15) is 4.79 Å². The first-order valence-electron chi connectivity index (χ1n) is 5.59. The monoisotopic (exact) mass is 248 g/mol. The summed E-state index contributed by atoms with van der Waals surface area (Å²) >= 11 is 0. The van der Waals surface area contributed by atoms with Gasteiger partial charge in [-0.05, 0) is 6.07 Å². The van der Waals surface area contributed by atoms with Crippen LogP contribution in [-0.4, -0.2) is 20.8 Å². The van der Waals surface area contributed by atoms with Crippen LogP contribution in [0.3, 0.4) is 0 Å². The van der Waals surface area contributed by atoms with Crippen LogP contribution in [0, 0.1) is 0 Å². The number of benzene rings is 1. The van der Waals surface area contributed by atoms with Crippen molar-refractivity contribution in [1.29, 1.82) is 0 Å². The van der Waals surface area contributed by atoms with Gasteiger partial charge in [-0.2, -0.15) is 0 Å². The van der Waals surface area contributed by atoms with Crippen LogP contribution in [-0.2, 0) is 6.42 Å². The first-order chi connectivity index (χ1) is 8.76. The predicted octanol–water partition coefficient (Wildman–Crippen LogP) is 1.75. The smallest absolute Gasteiger partial charge is 0.336 e. The molecule has 0 aliphatic carbocycles. The molecule has 18 heavy (non-hydrogen) atoms. The number of fused-ring (bicyclic) bond motifs is 2. The zero-order chi connectivity index (χ0) is 12.7. The fourth-order valence-electron chi connectivity index (χ4n) is 2.32. The van der Waals surface area contributed by atoms with Gasteiger partial charge in [-0.25, -0.2) is 4.79 Å². The molecule has 1 aliphatic heterocycles. The molecule has 2 heterocycles. The molecule has 1 aromatic carbocycles. The molecular weight excluding hydrogens is 236 g/mol. The van der Waals surface area contributed by atoms with E-state index in [1.54, 1.807) is 13.2 Å². The van der Waals surface area contributed by atoms with Crippen LogP contribution in [0.5, 0.6) is 17.2 Å². The summed E-state index contributed by atoms with van der Waals surface area (Å²) in [7, 11) is 3.11. The molecule has 3 rings (SSSR count). The molecular formula is C13H12O5. The first kappa shape index (κ1) is 11.0. The average Bonchev–Trinajstić information content (AvgIpc) is 2.84. The Hall–Kier alpha value is -2.17. The number of hydrogen-bond acceptors (Lipinski definition) is 5. The Kier molecular flexibility index (Phi) is 2.40. The number of methoxy groups -OCH3 is 2. The van der Waals surface area contributed by atoms with Crippen molar-refractivity contribution < 1.29 is 18.6 Å². The van der Waals surface area contributed by atoms with Crippen LogP contribution in [0.25, 0.3) is 11.0 Å². The van der Waals surface area contributed by atoms with Crippen molar-refractivity contribution in [3.8, 4) is 17.2 Å². The van der Waals surface area contributed by atoms with E-state index in [4.69, 9.17) is 18.6 Å². The molecule has 0 atom stereocenters. The van der Waals surface area contributed by atoms with Crippen molar-refractivity contribution >= 4 is 11.0 Å². The van der Waals surface area contributed by atoms with Crippen LogP contribution < -0.4 is 19.8 Å². The van der Waals surface area contributed by atoms with Crippen molar-refractivity contribution in [1.82, 2.24) is 0 Å². The fourth-order valence-corrected chi connectivity index (χ4v) is 2.32. The highest BCUT2D eigenvalue weighted by atomic mass is 16.5. The fraction of sp³-hybridized carbons (Fsp3) is 0.308. The summed E-state index contributed by atoms with van der Waals surface area (Å²) in [6.07, 6.45) is 0.754. The molecule has 0 saturated carbocycles. The van der Waals surface area contributed by atoms with Gasteiger partial charge >= 0.3 is 5.63 Å². The SMILES string of the molecule is COc1c2c(c(OC)c3oc(=O)ccc13)OCC2. The maximum Gasteiger partial charge on any atom is 0.336 e. The van der Waals surface area contributed by atoms with Crippen molar-refractivity contribution in [2.75, 3.05) is 20.8 Å². The maximum atomic E-state index is 11.3. The number of rotatable bonds is 2. The Morgan fingerprint density at radius 1 is 1.17 bits per heavy atom.